The molecule has 1 saturated heterocycles. The first-order chi connectivity index (χ1) is 19.5. The molecule has 12 heteroatoms. The SMILES string of the molecule is O=C1CSC(c2cc(N=Nc3nc4ccccc4s3)ccc2O)N1c1cc(O)ccc1N=Nc1ccccc1Br. The van der Waals surface area contributed by atoms with E-state index in [1.807, 2.05) is 42.5 Å². The maximum Gasteiger partial charge on any atom is 0.238 e. The van der Waals surface area contributed by atoms with Crippen LogP contribution in [0.25, 0.3) is 10.2 Å². The standard InChI is InChI=1S/C28H19BrN6O3S2/c29-19-5-1-2-6-20(19)32-33-21-11-10-17(36)14-23(21)35-26(38)15-39-27(35)18-13-16(9-12-24(18)37)31-34-28-30-22-7-3-4-8-25(22)40-28/h1-14,27,36-37H,15H2. The Morgan fingerprint density at radius 1 is 0.875 bits per heavy atom. The van der Waals surface area contributed by atoms with Crippen LogP contribution in [-0.2, 0) is 4.79 Å². The third kappa shape index (κ3) is 5.33. The number of carbonyl (C=O) groups is 1. The van der Waals surface area contributed by atoms with Gasteiger partial charge >= 0.3 is 0 Å². The average molecular weight is 632 g/mol. The van der Waals surface area contributed by atoms with Crippen molar-refractivity contribution in [3.8, 4) is 11.5 Å². The number of phenolic OH excluding ortho intramolecular Hbond substituents is 2. The van der Waals surface area contributed by atoms with E-state index in [-0.39, 0.29) is 23.2 Å². The molecule has 0 bridgehead atoms. The van der Waals surface area contributed by atoms with Gasteiger partial charge in [-0.2, -0.15) is 0 Å². The molecule has 2 heterocycles. The largest absolute Gasteiger partial charge is 0.508 e. The first-order valence-corrected chi connectivity index (χ1v) is 14.7. The summed E-state index contributed by atoms with van der Waals surface area (Å²) in [6, 6.07) is 24.6. The number of carbonyl (C=O) groups excluding carboxylic acids is 1. The molecular weight excluding hydrogens is 612 g/mol. The smallest absolute Gasteiger partial charge is 0.238 e. The summed E-state index contributed by atoms with van der Waals surface area (Å²) in [5.74, 6) is -0.0367. The van der Waals surface area contributed by atoms with Crippen molar-refractivity contribution in [2.75, 3.05) is 10.7 Å². The first kappa shape index (κ1) is 26.1. The van der Waals surface area contributed by atoms with E-state index in [1.165, 1.54) is 46.2 Å². The molecule has 198 valence electrons. The minimum atomic E-state index is -0.593. The van der Waals surface area contributed by atoms with Crippen LogP contribution in [0.15, 0.2) is 110 Å². The number of benzene rings is 4. The number of thiazole rings is 1. The molecule has 1 fully saturated rings. The monoisotopic (exact) mass is 630 g/mol. The van der Waals surface area contributed by atoms with Gasteiger partial charge < -0.3 is 10.2 Å². The van der Waals surface area contributed by atoms with E-state index in [0.29, 0.717) is 33.4 Å². The van der Waals surface area contributed by atoms with E-state index in [4.69, 9.17) is 0 Å². The summed E-state index contributed by atoms with van der Waals surface area (Å²) < 4.78 is 1.78. The van der Waals surface area contributed by atoms with Crippen LogP contribution in [0, 0.1) is 0 Å². The van der Waals surface area contributed by atoms with Crippen molar-refractivity contribution in [2.45, 2.75) is 5.37 Å². The van der Waals surface area contributed by atoms with Gasteiger partial charge in [-0.15, -0.1) is 32.2 Å². The van der Waals surface area contributed by atoms with Gasteiger partial charge in [-0.25, -0.2) is 4.98 Å². The van der Waals surface area contributed by atoms with Crippen LogP contribution < -0.4 is 4.90 Å². The molecule has 0 saturated carbocycles. The van der Waals surface area contributed by atoms with Crippen molar-refractivity contribution >= 4 is 83.0 Å². The molecule has 5 aromatic rings. The van der Waals surface area contributed by atoms with Gasteiger partial charge in [-0.05, 0) is 70.5 Å². The van der Waals surface area contributed by atoms with E-state index in [9.17, 15) is 15.0 Å². The van der Waals surface area contributed by atoms with Crippen LogP contribution in [0.5, 0.6) is 11.5 Å². The Kier molecular flexibility index (Phi) is 7.29. The molecule has 1 atom stereocenters. The van der Waals surface area contributed by atoms with Crippen LogP contribution in [0.4, 0.5) is 27.9 Å². The summed E-state index contributed by atoms with van der Waals surface area (Å²) in [6.45, 7) is 0. The predicted octanol–water partition coefficient (Wildman–Crippen LogP) is 9.08. The molecule has 6 rings (SSSR count). The second-order valence-electron chi connectivity index (χ2n) is 8.66. The molecule has 1 aromatic heterocycles. The lowest BCUT2D eigenvalue weighted by atomic mass is 10.1. The summed E-state index contributed by atoms with van der Waals surface area (Å²) in [6.07, 6.45) is 0. The summed E-state index contributed by atoms with van der Waals surface area (Å²) in [7, 11) is 0. The normalized spacial score (nSPS) is 15.7. The van der Waals surface area contributed by atoms with Gasteiger partial charge in [0.25, 0.3) is 0 Å². The number of rotatable bonds is 6. The zero-order chi connectivity index (χ0) is 27.6. The van der Waals surface area contributed by atoms with E-state index in [0.717, 1.165) is 14.7 Å². The number of fused-ring (bicyclic) bond motifs is 1. The van der Waals surface area contributed by atoms with Crippen molar-refractivity contribution in [3.05, 3.63) is 95.0 Å². The molecular formula is C28H19BrN6O3S2. The number of thioether (sulfide) groups is 1. The number of amides is 1. The molecule has 1 aliphatic heterocycles. The lowest BCUT2D eigenvalue weighted by molar-refractivity contribution is -0.115. The number of aromatic nitrogens is 1. The number of hydrogen-bond donors (Lipinski definition) is 2. The molecule has 4 aromatic carbocycles. The summed E-state index contributed by atoms with van der Waals surface area (Å²) in [5, 5.41) is 38.4. The fourth-order valence-electron chi connectivity index (χ4n) is 4.15. The second-order valence-corrected chi connectivity index (χ2v) is 11.6. The molecule has 2 N–H and O–H groups in total. The predicted molar refractivity (Wildman–Crippen MR) is 161 cm³/mol. The average Bonchev–Trinajstić information content (AvgIpc) is 3.55. The molecule has 1 amide bonds. The van der Waals surface area contributed by atoms with Gasteiger partial charge in [-0.3, -0.25) is 9.69 Å². The van der Waals surface area contributed by atoms with Crippen LogP contribution in [0.3, 0.4) is 0 Å². The highest BCUT2D eigenvalue weighted by molar-refractivity contribution is 9.10. The Morgan fingerprint density at radius 2 is 1.68 bits per heavy atom. The maximum atomic E-state index is 13.2. The molecule has 0 aliphatic carbocycles. The van der Waals surface area contributed by atoms with Crippen molar-refractivity contribution in [3.63, 3.8) is 0 Å². The first-order valence-electron chi connectivity index (χ1n) is 12.0. The maximum absolute atomic E-state index is 13.2. The second kappa shape index (κ2) is 11.2. The van der Waals surface area contributed by atoms with E-state index in [2.05, 4.69) is 41.4 Å². The zero-order valence-corrected chi connectivity index (χ0v) is 23.8. The highest BCUT2D eigenvalue weighted by atomic mass is 79.9. The number of phenols is 2. The Morgan fingerprint density at radius 3 is 2.52 bits per heavy atom. The number of anilines is 1. The Bertz CT molecular complexity index is 1780. The minimum absolute atomic E-state index is 0.00711. The highest BCUT2D eigenvalue weighted by Crippen LogP contribution is 2.49. The number of azo groups is 2. The topological polar surface area (TPSA) is 123 Å². The Labute approximate surface area is 245 Å². The molecule has 1 aliphatic rings. The molecule has 0 radical (unpaired) electrons. The quantitative estimate of drug-likeness (QED) is 0.181. The molecule has 0 spiro atoms. The number of nitrogens with zero attached hydrogens (tertiary/aromatic N) is 6. The molecule has 9 nitrogen and oxygen atoms in total. The highest BCUT2D eigenvalue weighted by Gasteiger charge is 2.37. The number of hydrogen-bond acceptors (Lipinski definition) is 10. The van der Waals surface area contributed by atoms with Crippen LogP contribution >= 0.6 is 39.0 Å². The molecule has 1 unspecified atom stereocenters. The van der Waals surface area contributed by atoms with Gasteiger partial charge in [0.2, 0.25) is 11.0 Å². The van der Waals surface area contributed by atoms with E-state index in [1.54, 1.807) is 24.3 Å². The lowest BCUT2D eigenvalue weighted by Crippen LogP contribution is -2.27. The third-order valence-electron chi connectivity index (χ3n) is 6.02. The van der Waals surface area contributed by atoms with E-state index < -0.39 is 5.37 Å². The number of para-hydroxylation sites is 1. The zero-order valence-electron chi connectivity index (χ0n) is 20.5. The molecule has 40 heavy (non-hydrogen) atoms. The van der Waals surface area contributed by atoms with Gasteiger partial charge in [0.15, 0.2) is 0 Å². The lowest BCUT2D eigenvalue weighted by Gasteiger charge is -2.26. The van der Waals surface area contributed by atoms with Gasteiger partial charge in [-0.1, -0.05) is 35.6 Å². The van der Waals surface area contributed by atoms with E-state index >= 15 is 0 Å². The Balaban J connectivity index is 1.34. The van der Waals surface area contributed by atoms with Gasteiger partial charge in [0.1, 0.15) is 22.6 Å². The fraction of sp³-hybridized carbons (Fsp3) is 0.0714. The minimum Gasteiger partial charge on any atom is -0.508 e. The summed E-state index contributed by atoms with van der Waals surface area (Å²) >= 11 is 6.24. The number of halogens is 1. The van der Waals surface area contributed by atoms with Crippen molar-refractivity contribution in [1.82, 2.24) is 4.98 Å². The number of aromatic hydroxyl groups is 2. The van der Waals surface area contributed by atoms with Gasteiger partial charge in [0.05, 0.1) is 33.0 Å². The van der Waals surface area contributed by atoms with Crippen LogP contribution in [0.2, 0.25) is 0 Å². The van der Waals surface area contributed by atoms with Crippen molar-refractivity contribution < 1.29 is 15.0 Å². The summed E-state index contributed by atoms with van der Waals surface area (Å²) in [5.41, 5.74) is 3.20. The van der Waals surface area contributed by atoms with Crippen LogP contribution in [0.1, 0.15) is 10.9 Å². The van der Waals surface area contributed by atoms with Gasteiger partial charge in [0, 0.05) is 16.1 Å². The van der Waals surface area contributed by atoms with Crippen molar-refractivity contribution in [1.29, 1.82) is 0 Å². The van der Waals surface area contributed by atoms with Crippen molar-refractivity contribution in [2.24, 2.45) is 20.5 Å². The van der Waals surface area contributed by atoms with Crippen LogP contribution in [-0.4, -0.2) is 26.9 Å². The third-order valence-corrected chi connectivity index (χ3v) is 8.80. The Hall–Kier alpha value is -4.13. The summed E-state index contributed by atoms with van der Waals surface area (Å²) in [4.78, 5) is 19.1. The fourth-order valence-corrected chi connectivity index (χ4v) is 6.49.